The number of likely N-dealkylation sites (tertiary alicyclic amines) is 1. The molecule has 0 spiro atoms. The summed E-state index contributed by atoms with van der Waals surface area (Å²) in [6, 6.07) is 7.17. The van der Waals surface area contributed by atoms with E-state index in [0.717, 1.165) is 32.5 Å². The Labute approximate surface area is 130 Å². The van der Waals surface area contributed by atoms with Gasteiger partial charge in [-0.3, -0.25) is 14.5 Å². The number of halogens is 1. The van der Waals surface area contributed by atoms with Crippen LogP contribution in [0.15, 0.2) is 24.3 Å². The van der Waals surface area contributed by atoms with Gasteiger partial charge in [0, 0.05) is 19.0 Å². The average molecular weight is 309 g/mol. The molecule has 1 aromatic carbocycles. The lowest BCUT2D eigenvalue weighted by Crippen LogP contribution is -2.40. The Morgan fingerprint density at radius 3 is 2.57 bits per heavy atom. The van der Waals surface area contributed by atoms with Crippen molar-refractivity contribution in [2.24, 2.45) is 5.92 Å². The summed E-state index contributed by atoms with van der Waals surface area (Å²) in [6.07, 6.45) is 2.02. The number of nitrogens with zero attached hydrogens (tertiary/aromatic N) is 1. The van der Waals surface area contributed by atoms with Gasteiger partial charge in [-0.2, -0.15) is 0 Å². The number of carbonyl (C=O) groups excluding carboxylic acids is 2. The molecule has 4 nitrogen and oxygen atoms in total. The molecule has 1 aromatic rings. The summed E-state index contributed by atoms with van der Waals surface area (Å²) in [6.45, 7) is 4.47. The van der Waals surface area contributed by atoms with Gasteiger partial charge >= 0.3 is 0 Å². The maximum absolute atomic E-state index is 12.2. The van der Waals surface area contributed by atoms with Crippen LogP contribution in [0.2, 0.25) is 5.02 Å². The van der Waals surface area contributed by atoms with Crippen LogP contribution in [-0.2, 0) is 4.79 Å². The number of amides is 1. The maximum atomic E-state index is 12.2. The minimum atomic E-state index is 0.0197. The number of hydrogen-bond acceptors (Lipinski definition) is 3. The highest BCUT2D eigenvalue weighted by Crippen LogP contribution is 2.19. The molecule has 0 radical (unpaired) electrons. The first-order chi connectivity index (χ1) is 10.1. The molecule has 114 valence electrons. The first-order valence-electron chi connectivity index (χ1n) is 7.31. The molecule has 0 aliphatic carbocycles. The van der Waals surface area contributed by atoms with Crippen molar-refractivity contribution >= 4 is 23.3 Å². The average Bonchev–Trinajstić information content (AvgIpc) is 2.47. The summed E-state index contributed by atoms with van der Waals surface area (Å²) in [5.41, 5.74) is 0.597. The lowest BCUT2D eigenvalue weighted by atomic mass is 9.96. The zero-order valence-electron chi connectivity index (χ0n) is 12.3. The van der Waals surface area contributed by atoms with E-state index >= 15 is 0 Å². The molecule has 0 bridgehead atoms. The van der Waals surface area contributed by atoms with Gasteiger partial charge in [0.2, 0.25) is 5.91 Å². The van der Waals surface area contributed by atoms with E-state index < -0.39 is 0 Å². The van der Waals surface area contributed by atoms with Gasteiger partial charge in [0.05, 0.1) is 11.6 Å². The number of nitrogens with one attached hydrogen (secondary N) is 1. The van der Waals surface area contributed by atoms with E-state index in [0.29, 0.717) is 23.0 Å². The molecular formula is C16H21ClN2O2. The number of rotatable bonds is 5. The monoisotopic (exact) mass is 308 g/mol. The van der Waals surface area contributed by atoms with Gasteiger partial charge in [-0.05, 0) is 44.0 Å². The van der Waals surface area contributed by atoms with Crippen LogP contribution < -0.4 is 5.32 Å². The lowest BCUT2D eigenvalue weighted by Gasteiger charge is -2.31. The minimum Gasteiger partial charge on any atom is -0.356 e. The molecule has 0 aromatic heterocycles. The number of carbonyl (C=O) groups is 2. The van der Waals surface area contributed by atoms with E-state index in [1.807, 2.05) is 12.1 Å². The van der Waals surface area contributed by atoms with Crippen molar-refractivity contribution in [3.8, 4) is 0 Å². The minimum absolute atomic E-state index is 0.0197. The molecule has 5 heteroatoms. The molecule has 1 saturated heterocycles. The van der Waals surface area contributed by atoms with Gasteiger partial charge in [-0.15, -0.1) is 0 Å². The van der Waals surface area contributed by atoms with Crippen molar-refractivity contribution in [3.63, 3.8) is 0 Å². The number of benzene rings is 1. The highest BCUT2D eigenvalue weighted by molar-refractivity contribution is 6.34. The molecule has 21 heavy (non-hydrogen) atoms. The van der Waals surface area contributed by atoms with E-state index in [2.05, 4.69) is 10.2 Å². The van der Waals surface area contributed by atoms with Gasteiger partial charge in [0.15, 0.2) is 5.78 Å². The molecule has 1 amide bonds. The van der Waals surface area contributed by atoms with Crippen molar-refractivity contribution in [1.29, 1.82) is 0 Å². The van der Waals surface area contributed by atoms with Crippen LogP contribution in [0.5, 0.6) is 0 Å². The summed E-state index contributed by atoms with van der Waals surface area (Å²) in [5.74, 6) is 0.604. The Balaban J connectivity index is 1.80. The molecule has 2 rings (SSSR count). The molecule has 1 aliphatic rings. The fraction of sp³-hybridized carbons (Fsp3) is 0.500. The molecule has 1 N–H and O–H groups in total. The van der Waals surface area contributed by atoms with Gasteiger partial charge in [-0.1, -0.05) is 23.7 Å². The SMILES string of the molecule is CC(=O)NCC1CCN(CC(=O)c2ccccc2Cl)CC1. The summed E-state index contributed by atoms with van der Waals surface area (Å²) < 4.78 is 0. The topological polar surface area (TPSA) is 49.4 Å². The molecule has 1 fully saturated rings. The zero-order chi connectivity index (χ0) is 15.2. The Morgan fingerprint density at radius 2 is 1.95 bits per heavy atom. The normalized spacial score (nSPS) is 16.7. The van der Waals surface area contributed by atoms with Crippen LogP contribution in [0.4, 0.5) is 0 Å². The van der Waals surface area contributed by atoms with Gasteiger partial charge < -0.3 is 5.32 Å². The fourth-order valence-corrected chi connectivity index (χ4v) is 2.85. The molecule has 1 heterocycles. The molecule has 0 atom stereocenters. The van der Waals surface area contributed by atoms with Gasteiger partial charge in [-0.25, -0.2) is 0 Å². The van der Waals surface area contributed by atoms with E-state index in [9.17, 15) is 9.59 Å². The van der Waals surface area contributed by atoms with Crippen molar-refractivity contribution in [2.75, 3.05) is 26.2 Å². The van der Waals surface area contributed by atoms with Crippen LogP contribution in [0.1, 0.15) is 30.1 Å². The first kappa shape index (κ1) is 16.0. The summed E-state index contributed by atoms with van der Waals surface area (Å²) >= 11 is 6.05. The summed E-state index contributed by atoms with van der Waals surface area (Å²) in [7, 11) is 0. The lowest BCUT2D eigenvalue weighted by molar-refractivity contribution is -0.119. The molecule has 0 saturated carbocycles. The Bertz CT molecular complexity index is 511. The standard InChI is InChI=1S/C16H21ClN2O2/c1-12(20)18-10-13-6-8-19(9-7-13)11-16(21)14-4-2-3-5-15(14)17/h2-5,13H,6-11H2,1H3,(H,18,20). The van der Waals surface area contributed by atoms with Gasteiger partial charge in [0.1, 0.15) is 0 Å². The third kappa shape index (κ3) is 4.83. The third-order valence-electron chi connectivity index (χ3n) is 3.89. The highest BCUT2D eigenvalue weighted by Gasteiger charge is 2.22. The van der Waals surface area contributed by atoms with Crippen molar-refractivity contribution in [2.45, 2.75) is 19.8 Å². The smallest absolute Gasteiger partial charge is 0.216 e. The molecule has 1 aliphatic heterocycles. The Kier molecular flexibility index (Phi) is 5.76. The van der Waals surface area contributed by atoms with Crippen LogP contribution in [0.25, 0.3) is 0 Å². The Morgan fingerprint density at radius 1 is 1.29 bits per heavy atom. The second kappa shape index (κ2) is 7.57. The zero-order valence-corrected chi connectivity index (χ0v) is 13.0. The van der Waals surface area contributed by atoms with E-state index in [1.54, 1.807) is 12.1 Å². The maximum Gasteiger partial charge on any atom is 0.216 e. The van der Waals surface area contributed by atoms with Crippen LogP contribution in [-0.4, -0.2) is 42.8 Å². The van der Waals surface area contributed by atoms with Crippen molar-refractivity contribution in [3.05, 3.63) is 34.9 Å². The number of Topliss-reactive ketones (excluding diaryl/α,β-unsaturated/α-hetero) is 1. The predicted molar refractivity (Wildman–Crippen MR) is 83.6 cm³/mol. The predicted octanol–water partition coefficient (Wildman–Crippen LogP) is 2.37. The third-order valence-corrected chi connectivity index (χ3v) is 4.22. The van der Waals surface area contributed by atoms with Crippen molar-refractivity contribution in [1.82, 2.24) is 10.2 Å². The number of hydrogen-bond donors (Lipinski definition) is 1. The van der Waals surface area contributed by atoms with Crippen LogP contribution in [0.3, 0.4) is 0 Å². The number of piperidine rings is 1. The molecular weight excluding hydrogens is 288 g/mol. The number of ketones is 1. The van der Waals surface area contributed by atoms with E-state index in [4.69, 9.17) is 11.6 Å². The first-order valence-corrected chi connectivity index (χ1v) is 7.68. The largest absolute Gasteiger partial charge is 0.356 e. The second-order valence-corrected chi connectivity index (χ2v) is 5.97. The Hall–Kier alpha value is -1.39. The van der Waals surface area contributed by atoms with Crippen LogP contribution >= 0.6 is 11.6 Å². The summed E-state index contributed by atoms with van der Waals surface area (Å²) in [4.78, 5) is 25.3. The van der Waals surface area contributed by atoms with E-state index in [1.165, 1.54) is 6.92 Å². The highest BCUT2D eigenvalue weighted by atomic mass is 35.5. The van der Waals surface area contributed by atoms with E-state index in [-0.39, 0.29) is 11.7 Å². The quantitative estimate of drug-likeness (QED) is 0.850. The molecule has 0 unspecified atom stereocenters. The van der Waals surface area contributed by atoms with Crippen LogP contribution in [0, 0.1) is 5.92 Å². The fourth-order valence-electron chi connectivity index (χ4n) is 2.61. The summed E-state index contributed by atoms with van der Waals surface area (Å²) in [5, 5.41) is 3.38. The second-order valence-electron chi connectivity index (χ2n) is 5.56. The van der Waals surface area contributed by atoms with Gasteiger partial charge in [0.25, 0.3) is 0 Å². The van der Waals surface area contributed by atoms with Crippen molar-refractivity contribution < 1.29 is 9.59 Å².